The number of aliphatic hydroxyl groups excluding tert-OH is 2. The van der Waals surface area contributed by atoms with Gasteiger partial charge in [0.2, 0.25) is 0 Å². The van der Waals surface area contributed by atoms with E-state index >= 15 is 0 Å². The maximum Gasteiger partial charge on any atom is 0.0602 e. The van der Waals surface area contributed by atoms with Crippen LogP contribution in [-0.4, -0.2) is 22.4 Å². The highest BCUT2D eigenvalue weighted by molar-refractivity contribution is 4.99. The highest BCUT2D eigenvalue weighted by Crippen LogP contribution is 2.21. The molecule has 0 fully saturated rings. The van der Waals surface area contributed by atoms with E-state index in [0.29, 0.717) is 24.7 Å². The summed E-state index contributed by atoms with van der Waals surface area (Å²) in [6.07, 6.45) is 2.54. The fourth-order valence-corrected chi connectivity index (χ4v) is 1.62. The zero-order chi connectivity index (χ0) is 12.7. The summed E-state index contributed by atoms with van der Waals surface area (Å²) in [4.78, 5) is 0. The Morgan fingerprint density at radius 3 is 1.50 bits per heavy atom. The molecule has 0 saturated carbocycles. The summed E-state index contributed by atoms with van der Waals surface area (Å²) < 4.78 is 0. The summed E-state index contributed by atoms with van der Waals surface area (Å²) in [5, 5.41) is 19.7. The van der Waals surface area contributed by atoms with Crippen LogP contribution in [0.2, 0.25) is 0 Å². The molecule has 4 atom stereocenters. The van der Waals surface area contributed by atoms with Crippen LogP contribution < -0.4 is 0 Å². The fraction of sp³-hybridized carbons (Fsp3) is 0.857. The van der Waals surface area contributed by atoms with Gasteiger partial charge in [-0.3, -0.25) is 0 Å². The normalized spacial score (nSPS) is 18.9. The van der Waals surface area contributed by atoms with E-state index in [1.165, 1.54) is 0 Å². The Balaban J connectivity index is 3.99. The Hall–Kier alpha value is -0.340. The molecular formula is C14H28O2. The topological polar surface area (TPSA) is 40.5 Å². The average Bonchev–Trinajstić information content (AvgIpc) is 2.26. The fourth-order valence-electron chi connectivity index (χ4n) is 1.62. The van der Waals surface area contributed by atoms with E-state index in [0.717, 1.165) is 18.4 Å². The average molecular weight is 228 g/mol. The highest BCUT2D eigenvalue weighted by Gasteiger charge is 2.17. The summed E-state index contributed by atoms with van der Waals surface area (Å²) in [6, 6.07) is 0. The molecule has 0 radical (unpaired) electrons. The standard InChI is InChI=1S/C14H28O2/c1-6-11(4)13(15)8-10(3)9-14(16)12(5)7-2/h11-16H,3,6-9H2,1-2,4-5H3/t11?,12?,13-,14-/m1/s1. The quantitative estimate of drug-likeness (QED) is 0.627. The first-order valence-corrected chi connectivity index (χ1v) is 6.45. The predicted octanol–water partition coefficient (Wildman–Crippen LogP) is 3.14. The zero-order valence-electron chi connectivity index (χ0n) is 11.2. The smallest absolute Gasteiger partial charge is 0.0602 e. The molecule has 0 aromatic carbocycles. The van der Waals surface area contributed by atoms with Crippen LogP contribution in [0.15, 0.2) is 12.2 Å². The van der Waals surface area contributed by atoms with Crippen LogP contribution in [0.4, 0.5) is 0 Å². The van der Waals surface area contributed by atoms with Crippen molar-refractivity contribution in [3.63, 3.8) is 0 Å². The highest BCUT2D eigenvalue weighted by atomic mass is 16.3. The number of hydrogen-bond donors (Lipinski definition) is 2. The van der Waals surface area contributed by atoms with Gasteiger partial charge in [-0.2, -0.15) is 0 Å². The molecule has 0 aliphatic heterocycles. The molecule has 96 valence electrons. The lowest BCUT2D eigenvalue weighted by Gasteiger charge is -2.22. The van der Waals surface area contributed by atoms with E-state index in [2.05, 4.69) is 20.4 Å². The summed E-state index contributed by atoms with van der Waals surface area (Å²) >= 11 is 0. The minimum Gasteiger partial charge on any atom is -0.393 e. The van der Waals surface area contributed by atoms with Gasteiger partial charge < -0.3 is 10.2 Å². The SMILES string of the molecule is C=C(C[C@@H](O)C(C)CC)C[C@@H](O)C(C)CC. The van der Waals surface area contributed by atoms with Crippen molar-refractivity contribution in [1.82, 2.24) is 0 Å². The third-order valence-electron chi connectivity index (χ3n) is 3.60. The number of hydrogen-bond acceptors (Lipinski definition) is 2. The van der Waals surface area contributed by atoms with Crippen molar-refractivity contribution in [1.29, 1.82) is 0 Å². The largest absolute Gasteiger partial charge is 0.393 e. The van der Waals surface area contributed by atoms with Gasteiger partial charge in [-0.25, -0.2) is 0 Å². The Morgan fingerprint density at radius 2 is 1.25 bits per heavy atom. The third kappa shape index (κ3) is 5.66. The zero-order valence-corrected chi connectivity index (χ0v) is 11.2. The van der Waals surface area contributed by atoms with Crippen molar-refractivity contribution in [2.24, 2.45) is 11.8 Å². The number of aliphatic hydroxyl groups is 2. The summed E-state index contributed by atoms with van der Waals surface area (Å²) in [5.41, 5.74) is 0.959. The van der Waals surface area contributed by atoms with Gasteiger partial charge >= 0.3 is 0 Å². The molecule has 2 unspecified atom stereocenters. The van der Waals surface area contributed by atoms with Crippen LogP contribution in [0.25, 0.3) is 0 Å². The van der Waals surface area contributed by atoms with Gasteiger partial charge in [-0.1, -0.05) is 52.7 Å². The van der Waals surface area contributed by atoms with Crippen LogP contribution in [0.5, 0.6) is 0 Å². The molecule has 0 aliphatic rings. The van der Waals surface area contributed by atoms with Crippen LogP contribution >= 0.6 is 0 Å². The molecule has 2 heteroatoms. The predicted molar refractivity (Wildman–Crippen MR) is 69.3 cm³/mol. The van der Waals surface area contributed by atoms with Gasteiger partial charge in [0.15, 0.2) is 0 Å². The van der Waals surface area contributed by atoms with E-state index in [1.807, 2.05) is 13.8 Å². The van der Waals surface area contributed by atoms with E-state index in [4.69, 9.17) is 0 Å². The molecule has 0 spiro atoms. The summed E-state index contributed by atoms with van der Waals surface area (Å²) in [6.45, 7) is 12.2. The molecule has 0 aliphatic carbocycles. The van der Waals surface area contributed by atoms with Crippen molar-refractivity contribution < 1.29 is 10.2 Å². The van der Waals surface area contributed by atoms with Gasteiger partial charge in [-0.15, -0.1) is 0 Å². The summed E-state index contributed by atoms with van der Waals surface area (Å²) in [7, 11) is 0. The Kier molecular flexibility index (Phi) is 7.69. The lowest BCUT2D eigenvalue weighted by Crippen LogP contribution is -2.21. The molecule has 0 bridgehead atoms. The monoisotopic (exact) mass is 228 g/mol. The first-order valence-electron chi connectivity index (χ1n) is 6.45. The molecule has 0 saturated heterocycles. The van der Waals surface area contributed by atoms with Gasteiger partial charge in [0, 0.05) is 0 Å². The van der Waals surface area contributed by atoms with Crippen LogP contribution in [0, 0.1) is 11.8 Å². The van der Waals surface area contributed by atoms with Gasteiger partial charge in [0.25, 0.3) is 0 Å². The van der Waals surface area contributed by atoms with Crippen LogP contribution in [0.1, 0.15) is 53.4 Å². The Labute approximate surface area is 100 Å². The summed E-state index contributed by atoms with van der Waals surface area (Å²) in [5.74, 6) is 0.606. The van der Waals surface area contributed by atoms with E-state index in [1.54, 1.807) is 0 Å². The van der Waals surface area contributed by atoms with E-state index in [9.17, 15) is 10.2 Å². The first kappa shape index (κ1) is 15.7. The van der Waals surface area contributed by atoms with Crippen LogP contribution in [-0.2, 0) is 0 Å². The molecular weight excluding hydrogens is 200 g/mol. The second kappa shape index (κ2) is 7.86. The molecule has 16 heavy (non-hydrogen) atoms. The lowest BCUT2D eigenvalue weighted by atomic mass is 9.90. The molecule has 0 amide bonds. The molecule has 0 aromatic heterocycles. The molecule has 0 aromatic rings. The Morgan fingerprint density at radius 1 is 0.938 bits per heavy atom. The van der Waals surface area contributed by atoms with E-state index < -0.39 is 0 Å². The maximum absolute atomic E-state index is 9.85. The lowest BCUT2D eigenvalue weighted by molar-refractivity contribution is 0.0971. The van der Waals surface area contributed by atoms with Crippen molar-refractivity contribution >= 4 is 0 Å². The molecule has 2 N–H and O–H groups in total. The molecule has 0 heterocycles. The van der Waals surface area contributed by atoms with Gasteiger partial charge in [0.1, 0.15) is 0 Å². The minimum absolute atomic E-state index is 0.303. The van der Waals surface area contributed by atoms with Crippen molar-refractivity contribution in [2.45, 2.75) is 65.6 Å². The second-order valence-corrected chi connectivity index (χ2v) is 5.06. The van der Waals surface area contributed by atoms with Gasteiger partial charge in [0.05, 0.1) is 12.2 Å². The molecule has 0 rings (SSSR count). The van der Waals surface area contributed by atoms with Crippen molar-refractivity contribution in [2.75, 3.05) is 0 Å². The van der Waals surface area contributed by atoms with Crippen molar-refractivity contribution in [3.05, 3.63) is 12.2 Å². The van der Waals surface area contributed by atoms with Crippen LogP contribution in [0.3, 0.4) is 0 Å². The second-order valence-electron chi connectivity index (χ2n) is 5.06. The maximum atomic E-state index is 9.85. The third-order valence-corrected chi connectivity index (χ3v) is 3.60. The minimum atomic E-state index is -0.318. The molecule has 2 nitrogen and oxygen atoms in total. The number of rotatable bonds is 8. The van der Waals surface area contributed by atoms with Gasteiger partial charge in [-0.05, 0) is 24.7 Å². The first-order chi connectivity index (χ1) is 7.42. The Bertz CT molecular complexity index is 181. The van der Waals surface area contributed by atoms with E-state index in [-0.39, 0.29) is 12.2 Å². The van der Waals surface area contributed by atoms with Crippen molar-refractivity contribution in [3.8, 4) is 0 Å².